The van der Waals surface area contributed by atoms with Gasteiger partial charge in [0.2, 0.25) is 11.7 Å². The predicted molar refractivity (Wildman–Crippen MR) is 64.7 cm³/mol. The maximum Gasteiger partial charge on any atom is 0.314 e. The van der Waals surface area contributed by atoms with Crippen LogP contribution in [0.2, 0.25) is 5.02 Å². The number of hydrogen-bond acceptors (Lipinski definition) is 5. The van der Waals surface area contributed by atoms with Gasteiger partial charge in [-0.15, -0.1) is 0 Å². The molecule has 1 unspecified atom stereocenters. The number of halogens is 1. The molecular weight excluding hydrogens is 262 g/mol. The van der Waals surface area contributed by atoms with Gasteiger partial charge >= 0.3 is 5.69 Å². The lowest BCUT2D eigenvalue weighted by Gasteiger charge is -2.17. The van der Waals surface area contributed by atoms with Crippen LogP contribution in [-0.2, 0) is 4.79 Å². The van der Waals surface area contributed by atoms with E-state index in [-0.39, 0.29) is 35.6 Å². The number of nitrogens with two attached hydrogens (primary N) is 1. The lowest BCUT2D eigenvalue weighted by molar-refractivity contribution is -0.385. The van der Waals surface area contributed by atoms with Gasteiger partial charge in [0, 0.05) is 30.1 Å². The summed E-state index contributed by atoms with van der Waals surface area (Å²) in [6.45, 7) is 0.198. The number of nitrogens with zero attached hydrogens (tertiary/aromatic N) is 2. The third kappa shape index (κ3) is 2.09. The van der Waals surface area contributed by atoms with E-state index in [1.54, 1.807) is 0 Å². The number of hydrogen-bond donors (Lipinski definition) is 2. The van der Waals surface area contributed by atoms with E-state index in [0.29, 0.717) is 0 Å². The second kappa shape index (κ2) is 4.43. The van der Waals surface area contributed by atoms with Crippen LogP contribution in [0.25, 0.3) is 0 Å². The number of carbonyl (C=O) groups excluding carboxylic acids is 1. The molecule has 1 fully saturated rings. The van der Waals surface area contributed by atoms with Crippen LogP contribution in [0.3, 0.4) is 0 Å². The summed E-state index contributed by atoms with van der Waals surface area (Å²) < 4.78 is 0. The Bertz CT molecular complexity index is 534. The zero-order valence-corrected chi connectivity index (χ0v) is 9.92. The zero-order valence-electron chi connectivity index (χ0n) is 9.17. The van der Waals surface area contributed by atoms with Gasteiger partial charge in [-0.05, 0) is 6.07 Å². The molecule has 2 rings (SSSR count). The molecule has 1 aromatic carbocycles. The molecule has 18 heavy (non-hydrogen) atoms. The van der Waals surface area contributed by atoms with Crippen molar-refractivity contribution in [2.75, 3.05) is 11.4 Å². The first-order chi connectivity index (χ1) is 8.40. The van der Waals surface area contributed by atoms with Crippen molar-refractivity contribution in [2.24, 2.45) is 5.73 Å². The first kappa shape index (κ1) is 12.6. The first-order valence-electron chi connectivity index (χ1n) is 5.13. The molecule has 0 bridgehead atoms. The van der Waals surface area contributed by atoms with E-state index < -0.39 is 16.4 Å². The molecular formula is C10H10ClN3O4. The molecule has 0 saturated carbocycles. The SMILES string of the molecule is NC1CC(=O)N(c2cc(Cl)cc([N+](=O)[O-])c2O)C1. The number of amides is 1. The Balaban J connectivity index is 2.51. The highest BCUT2D eigenvalue weighted by atomic mass is 35.5. The Morgan fingerprint density at radius 1 is 1.56 bits per heavy atom. The van der Waals surface area contributed by atoms with Crippen LogP contribution < -0.4 is 10.6 Å². The molecule has 1 atom stereocenters. The maximum absolute atomic E-state index is 11.7. The number of benzene rings is 1. The number of aromatic hydroxyl groups is 1. The summed E-state index contributed by atoms with van der Waals surface area (Å²) in [5, 5.41) is 20.6. The van der Waals surface area contributed by atoms with Crippen LogP contribution in [0, 0.1) is 10.1 Å². The fourth-order valence-electron chi connectivity index (χ4n) is 1.88. The summed E-state index contributed by atoms with van der Waals surface area (Å²) in [5.74, 6) is -0.874. The number of phenolic OH excluding ortho intramolecular Hbond substituents is 1. The molecule has 3 N–H and O–H groups in total. The van der Waals surface area contributed by atoms with E-state index in [2.05, 4.69) is 0 Å². The van der Waals surface area contributed by atoms with Crippen LogP contribution in [-0.4, -0.2) is 28.5 Å². The molecule has 7 nitrogen and oxygen atoms in total. The summed E-state index contributed by atoms with van der Waals surface area (Å²) in [5.41, 5.74) is 5.11. The summed E-state index contributed by atoms with van der Waals surface area (Å²) in [4.78, 5) is 22.8. The molecule has 96 valence electrons. The van der Waals surface area contributed by atoms with Crippen molar-refractivity contribution in [1.29, 1.82) is 0 Å². The topological polar surface area (TPSA) is 110 Å². The Hall–Kier alpha value is -1.86. The van der Waals surface area contributed by atoms with Crippen molar-refractivity contribution in [3.8, 4) is 5.75 Å². The fourth-order valence-corrected chi connectivity index (χ4v) is 2.09. The van der Waals surface area contributed by atoms with Gasteiger partial charge < -0.3 is 15.7 Å². The minimum Gasteiger partial charge on any atom is -0.501 e. The molecule has 1 aromatic rings. The molecule has 8 heteroatoms. The van der Waals surface area contributed by atoms with E-state index >= 15 is 0 Å². The monoisotopic (exact) mass is 271 g/mol. The van der Waals surface area contributed by atoms with Gasteiger partial charge in [0.05, 0.1) is 10.6 Å². The van der Waals surface area contributed by atoms with E-state index in [4.69, 9.17) is 17.3 Å². The number of carbonyl (C=O) groups is 1. The number of nitro groups is 1. The second-order valence-corrected chi connectivity index (χ2v) is 4.45. The predicted octanol–water partition coefficient (Wildman–Crippen LogP) is 1.02. The Labute approximate surface area is 107 Å². The van der Waals surface area contributed by atoms with Crippen molar-refractivity contribution in [3.05, 3.63) is 27.3 Å². The van der Waals surface area contributed by atoms with E-state index in [0.717, 1.165) is 6.07 Å². The summed E-state index contributed by atoms with van der Waals surface area (Å²) in [6, 6.07) is 1.98. The summed E-state index contributed by atoms with van der Waals surface area (Å²) >= 11 is 5.74. The van der Waals surface area contributed by atoms with Gasteiger partial charge in [-0.1, -0.05) is 11.6 Å². The molecule has 0 radical (unpaired) electrons. The number of nitro benzene ring substituents is 1. The van der Waals surface area contributed by atoms with Gasteiger partial charge in [0.25, 0.3) is 0 Å². The standard InChI is InChI=1S/C10H10ClN3O4/c11-5-1-7(10(16)8(2-5)14(17)18)13-4-6(12)3-9(13)15/h1-2,6,16H,3-4,12H2. The minimum atomic E-state index is -0.759. The van der Waals surface area contributed by atoms with Crippen LogP contribution >= 0.6 is 11.6 Å². The number of rotatable bonds is 2. The average Bonchev–Trinajstić information content (AvgIpc) is 2.60. The van der Waals surface area contributed by atoms with Gasteiger partial charge in [0.1, 0.15) is 0 Å². The van der Waals surface area contributed by atoms with Gasteiger partial charge in [-0.25, -0.2) is 0 Å². The first-order valence-corrected chi connectivity index (χ1v) is 5.50. The Kier molecular flexibility index (Phi) is 3.10. The van der Waals surface area contributed by atoms with E-state index in [1.807, 2.05) is 0 Å². The quantitative estimate of drug-likeness (QED) is 0.616. The molecule has 1 saturated heterocycles. The Morgan fingerprint density at radius 3 is 2.72 bits per heavy atom. The highest BCUT2D eigenvalue weighted by Gasteiger charge is 2.32. The average molecular weight is 272 g/mol. The van der Waals surface area contributed by atoms with Gasteiger partial charge in [0.15, 0.2) is 0 Å². The number of phenols is 1. The van der Waals surface area contributed by atoms with Crippen LogP contribution in [0.15, 0.2) is 12.1 Å². The van der Waals surface area contributed by atoms with Crippen molar-refractivity contribution >= 4 is 28.9 Å². The molecule has 0 aliphatic carbocycles. The zero-order chi connectivity index (χ0) is 13.4. The second-order valence-electron chi connectivity index (χ2n) is 4.02. The molecule has 1 aliphatic rings. The van der Waals surface area contributed by atoms with Crippen molar-refractivity contribution in [3.63, 3.8) is 0 Å². The lowest BCUT2D eigenvalue weighted by atomic mass is 10.2. The van der Waals surface area contributed by atoms with Gasteiger partial charge in [-0.3, -0.25) is 14.9 Å². The summed E-state index contributed by atoms with van der Waals surface area (Å²) in [6.07, 6.45) is 0.139. The third-order valence-corrected chi connectivity index (χ3v) is 2.90. The molecule has 1 amide bonds. The largest absolute Gasteiger partial charge is 0.501 e. The van der Waals surface area contributed by atoms with Crippen LogP contribution in [0.1, 0.15) is 6.42 Å². The molecule has 0 aromatic heterocycles. The minimum absolute atomic E-state index is 0.0205. The molecule has 1 aliphatic heterocycles. The Morgan fingerprint density at radius 2 is 2.22 bits per heavy atom. The fraction of sp³-hybridized carbons (Fsp3) is 0.300. The maximum atomic E-state index is 11.7. The van der Waals surface area contributed by atoms with Crippen molar-refractivity contribution in [1.82, 2.24) is 0 Å². The number of anilines is 1. The lowest BCUT2D eigenvalue weighted by Crippen LogP contribution is -2.28. The van der Waals surface area contributed by atoms with E-state index in [1.165, 1.54) is 11.0 Å². The molecule has 0 spiro atoms. The smallest absolute Gasteiger partial charge is 0.314 e. The highest BCUT2D eigenvalue weighted by Crippen LogP contribution is 2.40. The van der Waals surface area contributed by atoms with Crippen LogP contribution in [0.5, 0.6) is 5.75 Å². The van der Waals surface area contributed by atoms with Crippen molar-refractivity contribution < 1.29 is 14.8 Å². The normalized spacial score (nSPS) is 19.3. The summed E-state index contributed by atoms with van der Waals surface area (Å²) in [7, 11) is 0. The van der Waals surface area contributed by atoms with Gasteiger partial charge in [-0.2, -0.15) is 0 Å². The van der Waals surface area contributed by atoms with Crippen LogP contribution in [0.4, 0.5) is 11.4 Å². The highest BCUT2D eigenvalue weighted by molar-refractivity contribution is 6.31. The third-order valence-electron chi connectivity index (χ3n) is 2.68. The van der Waals surface area contributed by atoms with E-state index in [9.17, 15) is 20.0 Å². The molecule has 1 heterocycles. The van der Waals surface area contributed by atoms with Crippen molar-refractivity contribution in [2.45, 2.75) is 12.5 Å².